The summed E-state index contributed by atoms with van der Waals surface area (Å²) in [5, 5.41) is 0. The average molecular weight is 287 g/mol. The molecule has 2 aromatic carbocycles. The lowest BCUT2D eigenvalue weighted by Gasteiger charge is -2.31. The quantitative estimate of drug-likeness (QED) is 0.827. The highest BCUT2D eigenvalue weighted by molar-refractivity contribution is 5.37. The SMILES string of the molecule is NC1(Cc2cc(F)ccc2F)CCCCc2ccccc21. The zero-order valence-electron chi connectivity index (χ0n) is 11.9. The second kappa shape index (κ2) is 5.57. The molecule has 0 aliphatic heterocycles. The number of aryl methyl sites for hydroxylation is 1. The molecule has 0 heterocycles. The molecule has 1 atom stereocenters. The first kappa shape index (κ1) is 14.2. The van der Waals surface area contributed by atoms with Gasteiger partial charge in [0, 0.05) is 5.54 Å². The molecule has 2 aromatic rings. The van der Waals surface area contributed by atoms with Crippen molar-refractivity contribution in [2.75, 3.05) is 0 Å². The maximum absolute atomic E-state index is 13.9. The summed E-state index contributed by atoms with van der Waals surface area (Å²) in [7, 11) is 0. The van der Waals surface area contributed by atoms with Gasteiger partial charge in [-0.3, -0.25) is 0 Å². The van der Waals surface area contributed by atoms with E-state index < -0.39 is 11.4 Å². The molecule has 0 saturated carbocycles. The molecule has 110 valence electrons. The molecule has 3 heteroatoms. The number of rotatable bonds is 2. The molecule has 1 aliphatic rings. The van der Waals surface area contributed by atoms with E-state index in [1.54, 1.807) is 0 Å². The topological polar surface area (TPSA) is 26.0 Å². The molecule has 1 nitrogen and oxygen atoms in total. The highest BCUT2D eigenvalue weighted by Crippen LogP contribution is 2.35. The van der Waals surface area contributed by atoms with Crippen molar-refractivity contribution in [1.82, 2.24) is 0 Å². The second-order valence-corrected chi connectivity index (χ2v) is 5.93. The summed E-state index contributed by atoms with van der Waals surface area (Å²) in [6.45, 7) is 0. The van der Waals surface area contributed by atoms with Crippen molar-refractivity contribution in [3.05, 3.63) is 70.8 Å². The standard InChI is InChI=1S/C18H19F2N/c19-15-8-9-17(20)14(11-15)12-18(21)10-4-3-6-13-5-1-2-7-16(13)18/h1-2,5,7-9,11H,3-4,6,10,12,21H2. The van der Waals surface area contributed by atoms with E-state index in [4.69, 9.17) is 5.73 Å². The highest BCUT2D eigenvalue weighted by atomic mass is 19.1. The summed E-state index contributed by atoms with van der Waals surface area (Å²) < 4.78 is 27.3. The number of benzene rings is 2. The number of hydrogen-bond acceptors (Lipinski definition) is 1. The van der Waals surface area contributed by atoms with E-state index in [9.17, 15) is 8.78 Å². The van der Waals surface area contributed by atoms with E-state index in [-0.39, 0.29) is 5.82 Å². The molecule has 1 unspecified atom stereocenters. The van der Waals surface area contributed by atoms with Crippen molar-refractivity contribution in [1.29, 1.82) is 0 Å². The summed E-state index contributed by atoms with van der Waals surface area (Å²) in [6.07, 6.45) is 4.21. The molecule has 21 heavy (non-hydrogen) atoms. The van der Waals surface area contributed by atoms with Crippen LogP contribution in [0.1, 0.15) is 36.0 Å². The van der Waals surface area contributed by atoms with Gasteiger partial charge >= 0.3 is 0 Å². The van der Waals surface area contributed by atoms with Gasteiger partial charge in [0.15, 0.2) is 0 Å². The van der Waals surface area contributed by atoms with Crippen molar-refractivity contribution in [2.24, 2.45) is 5.73 Å². The molecule has 3 rings (SSSR count). The van der Waals surface area contributed by atoms with Gasteiger partial charge < -0.3 is 5.73 Å². The van der Waals surface area contributed by atoms with E-state index in [1.807, 2.05) is 18.2 Å². The Morgan fingerprint density at radius 2 is 1.86 bits per heavy atom. The monoisotopic (exact) mass is 287 g/mol. The van der Waals surface area contributed by atoms with Gasteiger partial charge in [0.2, 0.25) is 0 Å². The lowest BCUT2D eigenvalue weighted by atomic mass is 9.80. The summed E-state index contributed by atoms with van der Waals surface area (Å²) in [5.74, 6) is -0.806. The Kier molecular flexibility index (Phi) is 3.77. The fourth-order valence-electron chi connectivity index (χ4n) is 3.32. The molecule has 0 saturated heterocycles. The van der Waals surface area contributed by atoms with Crippen LogP contribution in [0.4, 0.5) is 8.78 Å². The van der Waals surface area contributed by atoms with E-state index in [2.05, 4.69) is 6.07 Å². The van der Waals surface area contributed by atoms with Crippen molar-refractivity contribution in [2.45, 2.75) is 37.6 Å². The zero-order valence-corrected chi connectivity index (χ0v) is 11.9. The highest BCUT2D eigenvalue weighted by Gasteiger charge is 2.32. The molecule has 0 amide bonds. The Morgan fingerprint density at radius 1 is 1.05 bits per heavy atom. The van der Waals surface area contributed by atoms with Gasteiger partial charge in [-0.1, -0.05) is 30.7 Å². The predicted octanol–water partition coefficient (Wildman–Crippen LogP) is 4.09. The molecule has 0 radical (unpaired) electrons. The van der Waals surface area contributed by atoms with Crippen LogP contribution < -0.4 is 5.73 Å². The van der Waals surface area contributed by atoms with E-state index >= 15 is 0 Å². The fraction of sp³-hybridized carbons (Fsp3) is 0.333. The Labute approximate surface area is 123 Å². The summed E-state index contributed by atoms with van der Waals surface area (Å²) in [5.41, 5.74) is 8.67. The van der Waals surface area contributed by atoms with Crippen LogP contribution in [0, 0.1) is 11.6 Å². The number of hydrogen-bond donors (Lipinski definition) is 1. The van der Waals surface area contributed by atoms with E-state index in [0.29, 0.717) is 12.0 Å². The van der Waals surface area contributed by atoms with Crippen LogP contribution in [0.15, 0.2) is 42.5 Å². The predicted molar refractivity (Wildman–Crippen MR) is 79.9 cm³/mol. The maximum atomic E-state index is 13.9. The van der Waals surface area contributed by atoms with Gasteiger partial charge in [0.1, 0.15) is 11.6 Å². The first-order valence-corrected chi connectivity index (χ1v) is 7.40. The zero-order chi connectivity index (χ0) is 14.9. The summed E-state index contributed by atoms with van der Waals surface area (Å²) in [6, 6.07) is 11.7. The molecule has 1 aliphatic carbocycles. The third-order valence-corrected chi connectivity index (χ3v) is 4.39. The smallest absolute Gasteiger partial charge is 0.126 e. The first-order valence-electron chi connectivity index (χ1n) is 7.40. The van der Waals surface area contributed by atoms with Crippen LogP contribution in [0.5, 0.6) is 0 Å². The second-order valence-electron chi connectivity index (χ2n) is 5.93. The molecule has 0 bridgehead atoms. The molecule has 2 N–H and O–H groups in total. The van der Waals surface area contributed by atoms with Crippen molar-refractivity contribution >= 4 is 0 Å². The minimum atomic E-state index is -0.623. The molecular weight excluding hydrogens is 268 g/mol. The first-order chi connectivity index (χ1) is 10.1. The number of halogens is 2. The van der Waals surface area contributed by atoms with E-state index in [1.165, 1.54) is 17.7 Å². The van der Waals surface area contributed by atoms with E-state index in [0.717, 1.165) is 37.3 Å². The average Bonchev–Trinajstić information content (AvgIpc) is 2.63. The Hall–Kier alpha value is -1.74. The van der Waals surface area contributed by atoms with Crippen LogP contribution in [-0.2, 0) is 18.4 Å². The van der Waals surface area contributed by atoms with Gasteiger partial charge in [-0.25, -0.2) is 8.78 Å². The van der Waals surface area contributed by atoms with Gasteiger partial charge in [-0.05, 0) is 60.6 Å². The molecular formula is C18H19F2N. The Morgan fingerprint density at radius 3 is 2.71 bits per heavy atom. The van der Waals surface area contributed by atoms with Gasteiger partial charge in [0.25, 0.3) is 0 Å². The number of fused-ring (bicyclic) bond motifs is 1. The molecule has 0 fully saturated rings. The van der Waals surface area contributed by atoms with Crippen LogP contribution in [0.2, 0.25) is 0 Å². The molecule has 0 spiro atoms. The van der Waals surface area contributed by atoms with Gasteiger partial charge in [-0.15, -0.1) is 0 Å². The Bertz CT molecular complexity index is 653. The third-order valence-electron chi connectivity index (χ3n) is 4.39. The lowest BCUT2D eigenvalue weighted by molar-refractivity contribution is 0.391. The minimum absolute atomic E-state index is 0.327. The van der Waals surface area contributed by atoms with Crippen molar-refractivity contribution in [3.63, 3.8) is 0 Å². The van der Waals surface area contributed by atoms with Crippen molar-refractivity contribution in [3.8, 4) is 0 Å². The maximum Gasteiger partial charge on any atom is 0.126 e. The normalized spacial score (nSPS) is 21.7. The Balaban J connectivity index is 2.02. The van der Waals surface area contributed by atoms with Crippen LogP contribution in [-0.4, -0.2) is 0 Å². The van der Waals surface area contributed by atoms with Crippen molar-refractivity contribution < 1.29 is 8.78 Å². The van der Waals surface area contributed by atoms with Crippen LogP contribution in [0.3, 0.4) is 0 Å². The van der Waals surface area contributed by atoms with Crippen LogP contribution >= 0.6 is 0 Å². The molecule has 0 aromatic heterocycles. The van der Waals surface area contributed by atoms with Gasteiger partial charge in [-0.2, -0.15) is 0 Å². The van der Waals surface area contributed by atoms with Gasteiger partial charge in [0.05, 0.1) is 0 Å². The number of nitrogens with two attached hydrogens (primary N) is 1. The largest absolute Gasteiger partial charge is 0.321 e. The minimum Gasteiger partial charge on any atom is -0.321 e. The summed E-state index contributed by atoms with van der Waals surface area (Å²) >= 11 is 0. The van der Waals surface area contributed by atoms with Crippen LogP contribution in [0.25, 0.3) is 0 Å². The third kappa shape index (κ3) is 2.84. The summed E-state index contributed by atoms with van der Waals surface area (Å²) in [4.78, 5) is 0. The lowest BCUT2D eigenvalue weighted by Crippen LogP contribution is -2.39. The fourth-order valence-corrected chi connectivity index (χ4v) is 3.32.